The second kappa shape index (κ2) is 12.6. The Bertz CT molecular complexity index is 1600. The van der Waals surface area contributed by atoms with Gasteiger partial charge in [0.25, 0.3) is 0 Å². The number of aryl methyl sites for hydroxylation is 2. The first-order valence-corrected chi connectivity index (χ1v) is 16.1. The van der Waals surface area contributed by atoms with E-state index in [2.05, 4.69) is 35.8 Å². The molecule has 9 heteroatoms. The highest BCUT2D eigenvalue weighted by Crippen LogP contribution is 2.45. The van der Waals surface area contributed by atoms with Gasteiger partial charge in [0.15, 0.2) is 6.10 Å². The summed E-state index contributed by atoms with van der Waals surface area (Å²) < 4.78 is 47.1. The van der Waals surface area contributed by atoms with Gasteiger partial charge in [0.2, 0.25) is 0 Å². The number of hydrogen-bond acceptors (Lipinski definition) is 5. The summed E-state index contributed by atoms with van der Waals surface area (Å²) in [4.78, 5) is 22.1. The number of carboxylic acid groups (broad SMARTS) is 1. The molecular formula is C37H46F3N3O3. The quantitative estimate of drug-likeness (QED) is 0.280. The number of pyridine rings is 1. The molecule has 0 bridgehead atoms. The van der Waals surface area contributed by atoms with Crippen molar-refractivity contribution in [2.75, 3.05) is 24.5 Å². The van der Waals surface area contributed by atoms with Crippen LogP contribution in [0.15, 0.2) is 42.5 Å². The van der Waals surface area contributed by atoms with E-state index in [-0.39, 0.29) is 17.5 Å². The molecule has 1 saturated heterocycles. The highest BCUT2D eigenvalue weighted by Gasteiger charge is 2.37. The van der Waals surface area contributed by atoms with Gasteiger partial charge in [-0.25, -0.2) is 4.79 Å². The van der Waals surface area contributed by atoms with Gasteiger partial charge in [-0.15, -0.1) is 0 Å². The number of rotatable bonds is 7. The molecule has 3 aromatic rings. The average molecular weight is 638 g/mol. The molecule has 1 fully saturated rings. The molecule has 2 aliphatic heterocycles. The molecule has 5 rings (SSSR count). The van der Waals surface area contributed by atoms with Crippen LogP contribution in [0.1, 0.15) is 92.8 Å². The Balaban J connectivity index is 1.55. The lowest BCUT2D eigenvalue weighted by atomic mass is 9.81. The van der Waals surface area contributed by atoms with Crippen molar-refractivity contribution in [3.63, 3.8) is 0 Å². The zero-order valence-electron chi connectivity index (χ0n) is 28.0. The number of ether oxygens (including phenoxy) is 1. The van der Waals surface area contributed by atoms with Crippen LogP contribution in [0, 0.1) is 19.3 Å². The van der Waals surface area contributed by atoms with Gasteiger partial charge in [0, 0.05) is 55.2 Å². The van der Waals surface area contributed by atoms with Crippen molar-refractivity contribution >= 4 is 11.7 Å². The molecular weight excluding hydrogens is 591 g/mol. The summed E-state index contributed by atoms with van der Waals surface area (Å²) in [6.45, 7) is 16.9. The number of anilines is 1. The lowest BCUT2D eigenvalue weighted by Crippen LogP contribution is -2.39. The van der Waals surface area contributed by atoms with Crippen molar-refractivity contribution < 1.29 is 27.8 Å². The number of hydrogen-bond donors (Lipinski definition) is 1. The third-order valence-electron chi connectivity index (χ3n) is 9.27. The van der Waals surface area contributed by atoms with Crippen molar-refractivity contribution in [2.45, 2.75) is 98.7 Å². The molecule has 1 N–H and O–H groups in total. The van der Waals surface area contributed by atoms with E-state index in [1.807, 2.05) is 40.7 Å². The van der Waals surface area contributed by atoms with Crippen LogP contribution in [0.5, 0.6) is 0 Å². The number of benzene rings is 2. The van der Waals surface area contributed by atoms with Gasteiger partial charge in [-0.05, 0) is 87.6 Å². The second-order valence-corrected chi connectivity index (χ2v) is 14.6. The van der Waals surface area contributed by atoms with Crippen molar-refractivity contribution in [2.24, 2.45) is 5.41 Å². The molecule has 0 aliphatic carbocycles. The average Bonchev–Trinajstić information content (AvgIpc) is 2.95. The summed E-state index contributed by atoms with van der Waals surface area (Å²) in [5, 5.41) is 10.5. The Morgan fingerprint density at radius 1 is 1.00 bits per heavy atom. The number of carbonyl (C=O) groups is 1. The fraction of sp³-hybridized carbons (Fsp3) is 0.514. The fourth-order valence-corrected chi connectivity index (χ4v) is 6.83. The molecule has 46 heavy (non-hydrogen) atoms. The van der Waals surface area contributed by atoms with E-state index >= 15 is 0 Å². The number of fused-ring (bicyclic) bond motifs is 1. The lowest BCUT2D eigenvalue weighted by molar-refractivity contribution is -0.160. The smallest absolute Gasteiger partial charge is 0.416 e. The molecule has 248 valence electrons. The summed E-state index contributed by atoms with van der Waals surface area (Å²) in [6, 6.07) is 12.1. The standard InChI is InChI=1S/C37H46F3N3O3/c1-23-30(26-12-13-27-21-42(17-14-25(27)20-26)22-28-10-8-9-11-29(28)37(38,39)40)32(43-18-15-36(6,7)16-19-43)31(24(2)41-23)33(34(44)45)46-35(3,4)5/h8-13,20,33H,14-19,21-22H2,1-7H3,(H,44,45)/t33-/m0/s1. The molecule has 0 amide bonds. The van der Waals surface area contributed by atoms with Gasteiger partial charge in [0.05, 0.1) is 16.9 Å². The Hall–Kier alpha value is -3.43. The first-order valence-electron chi connectivity index (χ1n) is 16.1. The molecule has 0 unspecified atom stereocenters. The molecule has 0 spiro atoms. The van der Waals surface area contributed by atoms with Gasteiger partial charge in [0.1, 0.15) is 0 Å². The minimum Gasteiger partial charge on any atom is -0.479 e. The maximum absolute atomic E-state index is 13.6. The summed E-state index contributed by atoms with van der Waals surface area (Å²) in [5.74, 6) is -1.05. The highest BCUT2D eigenvalue weighted by molar-refractivity contribution is 5.88. The Labute approximate surface area is 270 Å². The van der Waals surface area contributed by atoms with Crippen LogP contribution in [0.2, 0.25) is 0 Å². The molecule has 2 aromatic carbocycles. The van der Waals surface area contributed by atoms with Crippen LogP contribution in [0.4, 0.5) is 18.9 Å². The van der Waals surface area contributed by atoms with Gasteiger partial charge in [-0.1, -0.05) is 50.2 Å². The van der Waals surface area contributed by atoms with E-state index in [0.717, 1.165) is 65.6 Å². The minimum absolute atomic E-state index is 0.195. The minimum atomic E-state index is -4.39. The molecule has 6 nitrogen and oxygen atoms in total. The Morgan fingerprint density at radius 3 is 2.30 bits per heavy atom. The van der Waals surface area contributed by atoms with Crippen LogP contribution in [0.25, 0.3) is 11.1 Å². The van der Waals surface area contributed by atoms with Crippen LogP contribution >= 0.6 is 0 Å². The van der Waals surface area contributed by atoms with Crippen molar-refractivity contribution in [1.82, 2.24) is 9.88 Å². The van der Waals surface area contributed by atoms with E-state index in [1.54, 1.807) is 12.1 Å². The monoisotopic (exact) mass is 637 g/mol. The number of alkyl halides is 3. The Kier molecular flexibility index (Phi) is 9.32. The summed E-state index contributed by atoms with van der Waals surface area (Å²) in [5.41, 5.74) is 6.22. The van der Waals surface area contributed by atoms with Crippen LogP contribution in [-0.4, -0.2) is 46.2 Å². The molecule has 2 aliphatic rings. The maximum Gasteiger partial charge on any atom is 0.416 e. The summed E-state index contributed by atoms with van der Waals surface area (Å²) in [7, 11) is 0. The first-order chi connectivity index (χ1) is 21.4. The first kappa shape index (κ1) is 33.9. The highest BCUT2D eigenvalue weighted by atomic mass is 19.4. The van der Waals surface area contributed by atoms with Gasteiger partial charge in [-0.2, -0.15) is 13.2 Å². The largest absolute Gasteiger partial charge is 0.479 e. The number of aliphatic carboxylic acids is 1. The third kappa shape index (κ3) is 7.41. The van der Waals surface area contributed by atoms with Crippen molar-refractivity contribution in [3.05, 3.63) is 81.7 Å². The second-order valence-electron chi connectivity index (χ2n) is 14.6. The van der Waals surface area contributed by atoms with Gasteiger partial charge < -0.3 is 14.7 Å². The number of aromatic nitrogens is 1. The Morgan fingerprint density at radius 2 is 1.67 bits per heavy atom. The predicted octanol–water partition coefficient (Wildman–Crippen LogP) is 8.51. The zero-order chi connectivity index (χ0) is 33.6. The van der Waals surface area contributed by atoms with Crippen LogP contribution in [0.3, 0.4) is 0 Å². The molecule has 0 saturated carbocycles. The zero-order valence-corrected chi connectivity index (χ0v) is 28.0. The summed E-state index contributed by atoms with van der Waals surface area (Å²) in [6.07, 6.45) is -2.94. The lowest BCUT2D eigenvalue weighted by Gasteiger charge is -2.41. The van der Waals surface area contributed by atoms with Crippen LogP contribution < -0.4 is 4.90 Å². The maximum atomic E-state index is 13.6. The normalized spacial score (nSPS) is 17.9. The van der Waals surface area contributed by atoms with Crippen LogP contribution in [-0.2, 0) is 35.2 Å². The number of nitrogens with zero attached hydrogens (tertiary/aromatic N) is 3. The van der Waals surface area contributed by atoms with E-state index < -0.39 is 29.4 Å². The van der Waals surface area contributed by atoms with Crippen molar-refractivity contribution in [1.29, 1.82) is 0 Å². The van der Waals surface area contributed by atoms with Gasteiger partial charge >= 0.3 is 12.1 Å². The van der Waals surface area contributed by atoms with E-state index in [9.17, 15) is 23.1 Å². The van der Waals surface area contributed by atoms with Crippen molar-refractivity contribution in [3.8, 4) is 11.1 Å². The molecule has 0 radical (unpaired) electrons. The van der Waals surface area contributed by atoms with E-state index in [1.165, 1.54) is 6.07 Å². The topological polar surface area (TPSA) is 65.9 Å². The third-order valence-corrected chi connectivity index (χ3v) is 9.27. The number of halogens is 3. The SMILES string of the molecule is Cc1nc(C)c([C@H](OC(C)(C)C)C(=O)O)c(N2CCC(C)(C)CC2)c1-c1ccc2c(c1)CCN(Cc1ccccc1C(F)(F)F)C2. The summed E-state index contributed by atoms with van der Waals surface area (Å²) >= 11 is 0. The molecule has 3 heterocycles. The fourth-order valence-electron chi connectivity index (χ4n) is 6.83. The van der Waals surface area contributed by atoms with E-state index in [0.29, 0.717) is 30.8 Å². The number of piperidine rings is 1. The number of carboxylic acids is 1. The molecule has 1 atom stereocenters. The predicted molar refractivity (Wildman–Crippen MR) is 175 cm³/mol. The van der Waals surface area contributed by atoms with E-state index in [4.69, 9.17) is 9.72 Å². The molecule has 1 aromatic heterocycles. The van der Waals surface area contributed by atoms with Gasteiger partial charge in [-0.3, -0.25) is 9.88 Å².